The van der Waals surface area contributed by atoms with Gasteiger partial charge in [0.05, 0.1) is 46.8 Å². The molecule has 0 fully saturated rings. The summed E-state index contributed by atoms with van der Waals surface area (Å²) in [6.07, 6.45) is 0.667. The van der Waals surface area contributed by atoms with Crippen molar-refractivity contribution in [3.05, 3.63) is 71.3 Å². The number of para-hydroxylation sites is 2. The van der Waals surface area contributed by atoms with Crippen molar-refractivity contribution in [2.45, 2.75) is 19.4 Å². The summed E-state index contributed by atoms with van der Waals surface area (Å²) in [4.78, 5) is 15.5. The first-order chi connectivity index (χ1) is 17.5. The van der Waals surface area contributed by atoms with E-state index in [1.807, 2.05) is 66.4 Å². The molecule has 1 aliphatic heterocycles. The van der Waals surface area contributed by atoms with Crippen LogP contribution in [0.1, 0.15) is 29.7 Å². The van der Waals surface area contributed by atoms with Gasteiger partial charge >= 0.3 is 6.03 Å². The first-order valence-electron chi connectivity index (χ1n) is 11.8. The van der Waals surface area contributed by atoms with Crippen LogP contribution in [0, 0.1) is 0 Å². The summed E-state index contributed by atoms with van der Waals surface area (Å²) in [7, 11) is 6.42. The summed E-state index contributed by atoms with van der Waals surface area (Å²) < 4.78 is 27.8. The van der Waals surface area contributed by atoms with E-state index < -0.39 is 6.04 Å². The van der Waals surface area contributed by atoms with Gasteiger partial charge in [-0.3, -0.25) is 0 Å². The van der Waals surface area contributed by atoms with Crippen molar-refractivity contribution in [3.8, 4) is 28.7 Å². The van der Waals surface area contributed by atoms with E-state index in [0.717, 1.165) is 16.7 Å². The average molecular weight is 493 g/mol. The topological polar surface area (TPSA) is 78.5 Å². The Morgan fingerprint density at radius 1 is 0.861 bits per heavy atom. The monoisotopic (exact) mass is 492 g/mol. The Bertz CT molecular complexity index is 1230. The van der Waals surface area contributed by atoms with E-state index in [1.54, 1.807) is 28.4 Å². The van der Waals surface area contributed by atoms with E-state index in [0.29, 0.717) is 54.0 Å². The number of benzene rings is 3. The number of hydrogen-bond donors (Lipinski definition) is 1. The van der Waals surface area contributed by atoms with Gasteiger partial charge in [-0.2, -0.15) is 0 Å². The third-order valence-corrected chi connectivity index (χ3v) is 6.29. The van der Waals surface area contributed by atoms with Gasteiger partial charge in [0.15, 0.2) is 23.0 Å². The molecule has 0 aliphatic carbocycles. The Morgan fingerprint density at radius 2 is 1.53 bits per heavy atom. The molecule has 8 heteroatoms. The quantitative estimate of drug-likeness (QED) is 0.460. The molecule has 1 aliphatic rings. The predicted molar refractivity (Wildman–Crippen MR) is 138 cm³/mol. The molecule has 0 radical (unpaired) electrons. The maximum absolute atomic E-state index is 13.7. The standard InChI is InChI=1S/C28H32N2O6/c1-6-36-22-10-8-7-9-21(22)29-28(31)30-14-13-18-15-25(34-4)26(35-5)17-20(18)27(30)19-11-12-23(32-2)24(16-19)33-3/h7-12,15-17,27H,6,13-14H2,1-5H3,(H,29,31)/t27-/m0/s1. The number of carbonyl (C=O) groups excluding carboxylic acids is 1. The van der Waals surface area contributed by atoms with E-state index in [2.05, 4.69) is 5.32 Å². The van der Waals surface area contributed by atoms with Gasteiger partial charge in [-0.1, -0.05) is 18.2 Å². The minimum Gasteiger partial charge on any atom is -0.493 e. The first kappa shape index (κ1) is 25.0. The largest absolute Gasteiger partial charge is 0.493 e. The van der Waals surface area contributed by atoms with E-state index >= 15 is 0 Å². The van der Waals surface area contributed by atoms with Crippen molar-refractivity contribution in [2.24, 2.45) is 0 Å². The molecule has 190 valence electrons. The molecule has 8 nitrogen and oxygen atoms in total. The molecule has 0 aromatic heterocycles. The lowest BCUT2D eigenvalue weighted by Gasteiger charge is -2.38. The Morgan fingerprint density at radius 3 is 2.22 bits per heavy atom. The third kappa shape index (κ3) is 4.84. The van der Waals surface area contributed by atoms with Crippen LogP contribution < -0.4 is 29.0 Å². The number of anilines is 1. The number of fused-ring (bicyclic) bond motifs is 1. The minimum absolute atomic E-state index is 0.234. The molecule has 2 amide bonds. The van der Waals surface area contributed by atoms with Gasteiger partial charge in [-0.05, 0) is 66.4 Å². The predicted octanol–water partition coefficient (Wildman–Crippen LogP) is 5.30. The molecule has 0 saturated heterocycles. The van der Waals surface area contributed by atoms with E-state index in [4.69, 9.17) is 23.7 Å². The molecular formula is C28H32N2O6. The normalized spacial score (nSPS) is 14.5. The highest BCUT2D eigenvalue weighted by molar-refractivity contribution is 5.91. The molecule has 0 saturated carbocycles. The highest BCUT2D eigenvalue weighted by Crippen LogP contribution is 2.43. The third-order valence-electron chi connectivity index (χ3n) is 6.29. The molecule has 3 aromatic carbocycles. The van der Waals surface area contributed by atoms with Crippen molar-refractivity contribution < 1.29 is 28.5 Å². The maximum atomic E-state index is 13.7. The lowest BCUT2D eigenvalue weighted by atomic mass is 9.87. The summed E-state index contributed by atoms with van der Waals surface area (Å²) in [5, 5.41) is 3.05. The number of nitrogens with zero attached hydrogens (tertiary/aromatic N) is 1. The van der Waals surface area contributed by atoms with E-state index in [-0.39, 0.29) is 6.03 Å². The molecule has 0 bridgehead atoms. The molecule has 4 rings (SSSR count). The second kappa shape index (κ2) is 11.1. The van der Waals surface area contributed by atoms with E-state index in [1.165, 1.54) is 0 Å². The van der Waals surface area contributed by atoms with Crippen LogP contribution in [0.25, 0.3) is 0 Å². The fourth-order valence-corrected chi connectivity index (χ4v) is 4.59. The summed E-state index contributed by atoms with van der Waals surface area (Å²) in [6.45, 7) is 2.92. The zero-order valence-electron chi connectivity index (χ0n) is 21.3. The molecule has 1 atom stereocenters. The van der Waals surface area contributed by atoms with Crippen LogP contribution in [0.15, 0.2) is 54.6 Å². The van der Waals surface area contributed by atoms with Gasteiger partial charge in [0.25, 0.3) is 0 Å². The Hall–Kier alpha value is -4.07. The lowest BCUT2D eigenvalue weighted by molar-refractivity contribution is 0.193. The molecule has 1 N–H and O–H groups in total. The van der Waals surface area contributed by atoms with Crippen molar-refractivity contribution in [1.82, 2.24) is 4.90 Å². The van der Waals surface area contributed by atoms with Crippen LogP contribution in [0.2, 0.25) is 0 Å². The van der Waals surface area contributed by atoms with Crippen molar-refractivity contribution in [3.63, 3.8) is 0 Å². The van der Waals surface area contributed by atoms with E-state index in [9.17, 15) is 4.79 Å². The minimum atomic E-state index is -0.396. The SMILES string of the molecule is CCOc1ccccc1NC(=O)N1CCc2cc(OC)c(OC)cc2[C@@H]1c1ccc(OC)c(OC)c1. The smallest absolute Gasteiger partial charge is 0.322 e. The van der Waals surface area contributed by atoms with Gasteiger partial charge in [0, 0.05) is 6.54 Å². The highest BCUT2D eigenvalue weighted by Gasteiger charge is 2.34. The Kier molecular flexibility index (Phi) is 7.73. The van der Waals surface area contributed by atoms with Crippen LogP contribution in [0.3, 0.4) is 0 Å². The van der Waals surface area contributed by atoms with Gasteiger partial charge in [-0.15, -0.1) is 0 Å². The van der Waals surface area contributed by atoms with Crippen LogP contribution in [-0.2, 0) is 6.42 Å². The van der Waals surface area contributed by atoms with Gasteiger partial charge in [0.1, 0.15) is 5.75 Å². The number of nitrogens with one attached hydrogen (secondary N) is 1. The van der Waals surface area contributed by atoms with Gasteiger partial charge in [0.2, 0.25) is 0 Å². The highest BCUT2D eigenvalue weighted by atomic mass is 16.5. The Balaban J connectivity index is 1.80. The molecule has 3 aromatic rings. The fourth-order valence-electron chi connectivity index (χ4n) is 4.59. The van der Waals surface area contributed by atoms with Crippen LogP contribution in [0.4, 0.5) is 10.5 Å². The molecular weight excluding hydrogens is 460 g/mol. The van der Waals surface area contributed by atoms with Gasteiger partial charge in [-0.25, -0.2) is 4.79 Å². The number of urea groups is 1. The number of ether oxygens (including phenoxy) is 5. The molecule has 0 unspecified atom stereocenters. The zero-order chi connectivity index (χ0) is 25.7. The van der Waals surface area contributed by atoms with Crippen LogP contribution in [0.5, 0.6) is 28.7 Å². The number of carbonyl (C=O) groups is 1. The zero-order valence-corrected chi connectivity index (χ0v) is 21.3. The summed E-state index contributed by atoms with van der Waals surface area (Å²) >= 11 is 0. The second-order valence-corrected chi connectivity index (χ2v) is 8.23. The first-order valence-corrected chi connectivity index (χ1v) is 11.8. The summed E-state index contributed by atoms with van der Waals surface area (Å²) in [5.41, 5.74) is 3.55. The Labute approximate surface area is 211 Å². The van der Waals surface area contributed by atoms with Crippen molar-refractivity contribution in [2.75, 3.05) is 46.9 Å². The fraction of sp³-hybridized carbons (Fsp3) is 0.321. The lowest BCUT2D eigenvalue weighted by Crippen LogP contribution is -2.43. The molecule has 1 heterocycles. The molecule has 36 heavy (non-hydrogen) atoms. The molecule has 0 spiro atoms. The van der Waals surface area contributed by atoms with Gasteiger partial charge < -0.3 is 33.9 Å². The summed E-state index contributed by atoms with van der Waals surface area (Å²) in [5.74, 6) is 3.09. The van der Waals surface area contributed by atoms with Crippen LogP contribution in [-0.4, -0.2) is 52.5 Å². The van der Waals surface area contributed by atoms with Crippen molar-refractivity contribution >= 4 is 11.7 Å². The second-order valence-electron chi connectivity index (χ2n) is 8.23. The number of hydrogen-bond acceptors (Lipinski definition) is 6. The number of methoxy groups -OCH3 is 4. The van der Waals surface area contributed by atoms with Crippen LogP contribution >= 0.6 is 0 Å². The summed E-state index contributed by atoms with van der Waals surface area (Å²) in [6, 6.07) is 16.4. The number of amides is 2. The average Bonchev–Trinajstić information content (AvgIpc) is 2.92. The maximum Gasteiger partial charge on any atom is 0.322 e. The number of rotatable bonds is 8. The van der Waals surface area contributed by atoms with Crippen molar-refractivity contribution in [1.29, 1.82) is 0 Å².